The predicted octanol–water partition coefficient (Wildman–Crippen LogP) is 4.15. The Morgan fingerprint density at radius 2 is 1.81 bits per heavy atom. The highest BCUT2D eigenvalue weighted by Gasteiger charge is 2.29. The lowest BCUT2D eigenvalue weighted by molar-refractivity contribution is 0.0872. The van der Waals surface area contributed by atoms with Gasteiger partial charge in [-0.15, -0.1) is 22.7 Å². The first kappa shape index (κ1) is 21.3. The Hall–Kier alpha value is -2.97. The average molecular weight is 454 g/mol. The van der Waals surface area contributed by atoms with Crippen LogP contribution in [0.4, 0.5) is 5.00 Å². The highest BCUT2D eigenvalue weighted by molar-refractivity contribution is 7.16. The molecule has 3 aromatic rings. The number of thiophene rings is 2. The van der Waals surface area contributed by atoms with Crippen LogP contribution < -0.4 is 16.4 Å². The molecule has 1 atom stereocenters. The topological polar surface area (TPSA) is 101 Å². The molecule has 0 radical (unpaired) electrons. The minimum absolute atomic E-state index is 0.285. The average Bonchev–Trinajstić information content (AvgIpc) is 3.41. The molecule has 4 rings (SSSR count). The van der Waals surface area contributed by atoms with Gasteiger partial charge in [0.1, 0.15) is 5.00 Å². The summed E-state index contributed by atoms with van der Waals surface area (Å²) in [6, 6.07) is 10.7. The zero-order valence-corrected chi connectivity index (χ0v) is 18.7. The zero-order chi connectivity index (χ0) is 22.0. The number of carbonyl (C=O) groups excluding carboxylic acids is 3. The van der Waals surface area contributed by atoms with E-state index in [0.717, 1.165) is 41.7 Å². The van der Waals surface area contributed by atoms with Gasteiger partial charge in [-0.05, 0) is 49.6 Å². The summed E-state index contributed by atoms with van der Waals surface area (Å²) in [6.45, 7) is 1.94. The van der Waals surface area contributed by atoms with Crippen LogP contribution in [0, 0.1) is 6.92 Å². The molecule has 31 heavy (non-hydrogen) atoms. The fraction of sp³-hybridized carbons (Fsp3) is 0.261. The highest BCUT2D eigenvalue weighted by atomic mass is 32.1. The molecule has 0 fully saturated rings. The number of fused-ring (bicyclic) bond motifs is 1. The lowest BCUT2D eigenvalue weighted by Gasteiger charge is -2.20. The van der Waals surface area contributed by atoms with Crippen LogP contribution in [0.15, 0.2) is 41.8 Å². The summed E-state index contributed by atoms with van der Waals surface area (Å²) in [5.41, 5.74) is 8.61. The monoisotopic (exact) mass is 453 g/mol. The van der Waals surface area contributed by atoms with Crippen molar-refractivity contribution in [3.05, 3.63) is 73.8 Å². The molecule has 0 saturated carbocycles. The summed E-state index contributed by atoms with van der Waals surface area (Å²) < 4.78 is 0. The van der Waals surface area contributed by atoms with E-state index in [9.17, 15) is 14.4 Å². The molecule has 1 aliphatic carbocycles. The fourth-order valence-corrected chi connectivity index (χ4v) is 5.67. The van der Waals surface area contributed by atoms with E-state index in [0.29, 0.717) is 21.0 Å². The number of anilines is 1. The zero-order valence-electron chi connectivity index (χ0n) is 17.1. The number of hydrogen-bond acceptors (Lipinski definition) is 6. The summed E-state index contributed by atoms with van der Waals surface area (Å²) in [5.74, 6) is -1.16. The lowest BCUT2D eigenvalue weighted by atomic mass is 9.95. The van der Waals surface area contributed by atoms with E-state index in [1.54, 1.807) is 29.6 Å². The SMILES string of the molecule is Cc1ccc(C(=O)[C@H](NC(=O)c2cccs2)Nc2sc3c(c2C(N)=O)CCCC3)cc1. The van der Waals surface area contributed by atoms with E-state index in [2.05, 4.69) is 10.6 Å². The molecule has 8 heteroatoms. The Labute approximate surface area is 188 Å². The van der Waals surface area contributed by atoms with Crippen molar-refractivity contribution in [1.29, 1.82) is 0 Å². The third kappa shape index (κ3) is 4.55. The van der Waals surface area contributed by atoms with Crippen LogP contribution in [-0.2, 0) is 12.8 Å². The van der Waals surface area contributed by atoms with E-state index >= 15 is 0 Å². The van der Waals surface area contributed by atoms with Gasteiger partial charge in [-0.3, -0.25) is 14.4 Å². The molecule has 0 unspecified atom stereocenters. The van der Waals surface area contributed by atoms with E-state index in [1.807, 2.05) is 19.1 Å². The van der Waals surface area contributed by atoms with Gasteiger partial charge in [0.05, 0.1) is 10.4 Å². The molecule has 0 spiro atoms. The minimum Gasteiger partial charge on any atom is -0.365 e. The summed E-state index contributed by atoms with van der Waals surface area (Å²) in [5, 5.41) is 8.27. The molecule has 2 heterocycles. The van der Waals surface area contributed by atoms with Gasteiger partial charge in [-0.1, -0.05) is 35.9 Å². The van der Waals surface area contributed by atoms with Crippen LogP contribution in [0.5, 0.6) is 0 Å². The summed E-state index contributed by atoms with van der Waals surface area (Å²) in [7, 11) is 0. The molecule has 4 N–H and O–H groups in total. The number of benzene rings is 1. The van der Waals surface area contributed by atoms with Crippen LogP contribution in [-0.4, -0.2) is 23.8 Å². The van der Waals surface area contributed by atoms with E-state index in [1.165, 1.54) is 22.7 Å². The number of aryl methyl sites for hydroxylation is 2. The Bertz CT molecular complexity index is 1120. The van der Waals surface area contributed by atoms with Crippen molar-refractivity contribution in [2.75, 3.05) is 5.32 Å². The standard InChI is InChI=1S/C23H23N3O3S2/c1-13-8-10-14(11-9-13)19(27)21(25-22(29)17-7-4-12-30-17)26-23-18(20(24)28)15-5-2-3-6-16(15)31-23/h4,7-12,21,26H,2-3,5-6H2,1H3,(H2,24,28)(H,25,29)/t21-/m1/s1. The van der Waals surface area contributed by atoms with Crippen molar-refractivity contribution in [3.63, 3.8) is 0 Å². The van der Waals surface area contributed by atoms with Gasteiger partial charge in [-0.25, -0.2) is 0 Å². The van der Waals surface area contributed by atoms with Gasteiger partial charge in [0.15, 0.2) is 6.17 Å². The number of Topliss-reactive ketones (excluding diaryl/α,β-unsaturated/α-hetero) is 1. The molecule has 2 amide bonds. The molecule has 0 aliphatic heterocycles. The third-order valence-corrected chi connectivity index (χ3v) is 7.40. The van der Waals surface area contributed by atoms with Gasteiger partial charge in [0.25, 0.3) is 11.8 Å². The smallest absolute Gasteiger partial charge is 0.263 e. The molecule has 1 aromatic carbocycles. The van der Waals surface area contributed by atoms with Gasteiger partial charge in [-0.2, -0.15) is 0 Å². The minimum atomic E-state index is -1.03. The maximum Gasteiger partial charge on any atom is 0.263 e. The molecule has 0 saturated heterocycles. The number of nitrogens with two attached hydrogens (primary N) is 1. The second-order valence-corrected chi connectivity index (χ2v) is 9.59. The van der Waals surface area contributed by atoms with Gasteiger partial charge in [0, 0.05) is 10.4 Å². The van der Waals surface area contributed by atoms with Crippen molar-refractivity contribution >= 4 is 45.3 Å². The van der Waals surface area contributed by atoms with Crippen molar-refractivity contribution in [2.45, 2.75) is 38.8 Å². The Kier molecular flexibility index (Phi) is 6.20. The van der Waals surface area contributed by atoms with Crippen LogP contribution in [0.2, 0.25) is 0 Å². The van der Waals surface area contributed by atoms with Crippen molar-refractivity contribution in [1.82, 2.24) is 5.32 Å². The number of primary amides is 1. The molecule has 0 bridgehead atoms. The number of carbonyl (C=O) groups is 3. The normalized spacial score (nSPS) is 13.8. The van der Waals surface area contributed by atoms with Gasteiger partial charge in [0.2, 0.25) is 5.78 Å². The first-order valence-electron chi connectivity index (χ1n) is 10.1. The number of amides is 2. The number of hydrogen-bond donors (Lipinski definition) is 3. The number of rotatable bonds is 7. The largest absolute Gasteiger partial charge is 0.365 e. The van der Waals surface area contributed by atoms with E-state index in [-0.39, 0.29) is 11.7 Å². The third-order valence-electron chi connectivity index (χ3n) is 5.31. The fourth-order valence-electron chi connectivity index (χ4n) is 3.72. The molecule has 6 nitrogen and oxygen atoms in total. The van der Waals surface area contributed by atoms with E-state index < -0.39 is 12.1 Å². The quantitative estimate of drug-likeness (QED) is 0.369. The molecular formula is C23H23N3O3S2. The Morgan fingerprint density at radius 1 is 1.06 bits per heavy atom. The predicted molar refractivity (Wildman–Crippen MR) is 124 cm³/mol. The second-order valence-electron chi connectivity index (χ2n) is 7.54. The second kappa shape index (κ2) is 9.03. The van der Waals surface area contributed by atoms with Crippen molar-refractivity contribution in [3.8, 4) is 0 Å². The Morgan fingerprint density at radius 3 is 2.48 bits per heavy atom. The van der Waals surface area contributed by atoms with Gasteiger partial charge < -0.3 is 16.4 Å². The maximum atomic E-state index is 13.3. The van der Waals surface area contributed by atoms with Crippen LogP contribution in [0.3, 0.4) is 0 Å². The molecule has 1 aliphatic rings. The van der Waals surface area contributed by atoms with Crippen LogP contribution in [0.1, 0.15) is 59.2 Å². The molecule has 160 valence electrons. The number of nitrogens with one attached hydrogen (secondary N) is 2. The summed E-state index contributed by atoms with van der Waals surface area (Å²) in [6.07, 6.45) is 2.72. The molecule has 2 aromatic heterocycles. The van der Waals surface area contributed by atoms with E-state index in [4.69, 9.17) is 5.73 Å². The van der Waals surface area contributed by atoms with Crippen molar-refractivity contribution < 1.29 is 14.4 Å². The highest BCUT2D eigenvalue weighted by Crippen LogP contribution is 2.38. The van der Waals surface area contributed by atoms with Crippen LogP contribution in [0.25, 0.3) is 0 Å². The summed E-state index contributed by atoms with van der Waals surface area (Å²) in [4.78, 5) is 39.9. The van der Waals surface area contributed by atoms with Gasteiger partial charge >= 0.3 is 0 Å². The first-order chi connectivity index (χ1) is 14.9. The maximum absolute atomic E-state index is 13.3. The van der Waals surface area contributed by atoms with Crippen molar-refractivity contribution in [2.24, 2.45) is 5.73 Å². The van der Waals surface area contributed by atoms with Crippen LogP contribution >= 0.6 is 22.7 Å². The first-order valence-corrected chi connectivity index (χ1v) is 11.8. The molecular weight excluding hydrogens is 430 g/mol. The lowest BCUT2D eigenvalue weighted by Crippen LogP contribution is -2.46. The summed E-state index contributed by atoms with van der Waals surface area (Å²) >= 11 is 2.74. The Balaban J connectivity index is 1.68. The number of ketones is 1.